The highest BCUT2D eigenvalue weighted by atomic mass is 16.5. The Labute approximate surface area is 146 Å². The monoisotopic (exact) mass is 335 g/mol. The van der Waals surface area contributed by atoms with Gasteiger partial charge in [-0.2, -0.15) is 0 Å². The van der Waals surface area contributed by atoms with Crippen LogP contribution in [0.5, 0.6) is 5.75 Å². The summed E-state index contributed by atoms with van der Waals surface area (Å²) in [5, 5.41) is 3.02. The van der Waals surface area contributed by atoms with E-state index in [4.69, 9.17) is 9.47 Å². The lowest BCUT2D eigenvalue weighted by Crippen LogP contribution is -2.42. The largest absolute Gasteiger partial charge is 0.493 e. The maximum atomic E-state index is 12.7. The van der Waals surface area contributed by atoms with Crippen molar-refractivity contribution in [2.75, 3.05) is 18.5 Å². The number of aryl methyl sites for hydroxylation is 2. The Kier molecular flexibility index (Phi) is 8.26. The van der Waals surface area contributed by atoms with Crippen LogP contribution < -0.4 is 10.1 Å². The minimum Gasteiger partial charge on any atom is -0.493 e. The topological polar surface area (TPSA) is 47.6 Å². The van der Waals surface area contributed by atoms with Crippen LogP contribution in [0.25, 0.3) is 0 Å². The Balaban J connectivity index is 2.92. The molecule has 4 heteroatoms. The number of ether oxygens (including phenoxy) is 2. The Morgan fingerprint density at radius 3 is 2.25 bits per heavy atom. The van der Waals surface area contributed by atoms with Gasteiger partial charge in [0.05, 0.1) is 6.61 Å². The molecule has 1 aromatic carbocycles. The zero-order valence-corrected chi connectivity index (χ0v) is 16.1. The fourth-order valence-electron chi connectivity index (χ4n) is 2.80. The van der Waals surface area contributed by atoms with Gasteiger partial charge in [-0.05, 0) is 63.8 Å². The van der Waals surface area contributed by atoms with E-state index in [9.17, 15) is 4.79 Å². The third kappa shape index (κ3) is 5.52. The molecule has 1 atom stereocenters. The van der Waals surface area contributed by atoms with Crippen LogP contribution in [0.4, 0.5) is 5.69 Å². The Bertz CT molecular complexity index is 519. The summed E-state index contributed by atoms with van der Waals surface area (Å²) in [6, 6.07) is 3.92. The molecule has 0 heterocycles. The fourth-order valence-corrected chi connectivity index (χ4v) is 2.80. The number of unbranched alkanes of at least 4 members (excludes halogenated alkanes) is 1. The van der Waals surface area contributed by atoms with Crippen LogP contribution in [0.15, 0.2) is 12.1 Å². The van der Waals surface area contributed by atoms with E-state index in [1.54, 1.807) is 0 Å². The number of benzene rings is 1. The van der Waals surface area contributed by atoms with Crippen LogP contribution in [-0.2, 0) is 9.53 Å². The third-order valence-corrected chi connectivity index (χ3v) is 4.12. The van der Waals surface area contributed by atoms with E-state index in [1.165, 1.54) is 0 Å². The van der Waals surface area contributed by atoms with Crippen molar-refractivity contribution in [3.8, 4) is 5.75 Å². The van der Waals surface area contributed by atoms with Crippen molar-refractivity contribution in [3.05, 3.63) is 23.3 Å². The molecule has 0 bridgehead atoms. The van der Waals surface area contributed by atoms with Crippen molar-refractivity contribution in [1.29, 1.82) is 0 Å². The van der Waals surface area contributed by atoms with Gasteiger partial charge in [-0.1, -0.05) is 26.7 Å². The molecular weight excluding hydrogens is 302 g/mol. The van der Waals surface area contributed by atoms with E-state index in [0.717, 1.165) is 48.2 Å². The van der Waals surface area contributed by atoms with Crippen LogP contribution in [0, 0.1) is 13.8 Å². The first-order valence-electron chi connectivity index (χ1n) is 9.07. The SMILES string of the molecule is CCCC[C@@](C)(OCC)C(=O)Nc1cc(C)c(OCCC)c(C)c1. The fraction of sp³-hybridized carbons (Fsp3) is 0.650. The summed E-state index contributed by atoms with van der Waals surface area (Å²) in [6.45, 7) is 13.2. The van der Waals surface area contributed by atoms with Crippen LogP contribution >= 0.6 is 0 Å². The Morgan fingerprint density at radius 2 is 1.75 bits per heavy atom. The quantitative estimate of drug-likeness (QED) is 0.653. The molecule has 0 saturated heterocycles. The maximum Gasteiger partial charge on any atom is 0.256 e. The van der Waals surface area contributed by atoms with Gasteiger partial charge in [-0.3, -0.25) is 4.79 Å². The zero-order chi connectivity index (χ0) is 18.2. The van der Waals surface area contributed by atoms with Crippen molar-refractivity contribution >= 4 is 11.6 Å². The summed E-state index contributed by atoms with van der Waals surface area (Å²) in [6.07, 6.45) is 3.70. The van der Waals surface area contributed by atoms with E-state index in [-0.39, 0.29) is 5.91 Å². The van der Waals surface area contributed by atoms with Crippen molar-refractivity contribution < 1.29 is 14.3 Å². The van der Waals surface area contributed by atoms with Gasteiger partial charge >= 0.3 is 0 Å². The van der Waals surface area contributed by atoms with Gasteiger partial charge in [0.2, 0.25) is 0 Å². The second-order valence-corrected chi connectivity index (χ2v) is 6.51. The molecule has 0 spiro atoms. The van der Waals surface area contributed by atoms with Gasteiger partial charge in [-0.15, -0.1) is 0 Å². The normalized spacial score (nSPS) is 13.4. The van der Waals surface area contributed by atoms with Gasteiger partial charge in [0.15, 0.2) is 0 Å². The predicted molar refractivity (Wildman–Crippen MR) is 99.9 cm³/mol. The van der Waals surface area contributed by atoms with Crippen molar-refractivity contribution in [1.82, 2.24) is 0 Å². The van der Waals surface area contributed by atoms with Gasteiger partial charge in [0.1, 0.15) is 11.4 Å². The highest BCUT2D eigenvalue weighted by Gasteiger charge is 2.33. The summed E-state index contributed by atoms with van der Waals surface area (Å²) in [5.74, 6) is 0.826. The van der Waals surface area contributed by atoms with Crippen molar-refractivity contribution in [2.45, 2.75) is 72.8 Å². The molecule has 4 nitrogen and oxygen atoms in total. The summed E-state index contributed by atoms with van der Waals surface area (Å²) in [7, 11) is 0. The Hall–Kier alpha value is -1.55. The second-order valence-electron chi connectivity index (χ2n) is 6.51. The predicted octanol–water partition coefficient (Wildman–Crippen LogP) is 5.02. The first kappa shape index (κ1) is 20.5. The molecule has 0 unspecified atom stereocenters. The highest BCUT2D eigenvalue weighted by Crippen LogP contribution is 2.29. The number of amides is 1. The van der Waals surface area contributed by atoms with E-state index < -0.39 is 5.60 Å². The van der Waals surface area contributed by atoms with Gasteiger partial charge < -0.3 is 14.8 Å². The smallest absolute Gasteiger partial charge is 0.256 e. The average molecular weight is 335 g/mol. The number of carbonyl (C=O) groups is 1. The van der Waals surface area contributed by atoms with E-state index in [0.29, 0.717) is 13.2 Å². The average Bonchev–Trinajstić information content (AvgIpc) is 2.52. The lowest BCUT2D eigenvalue weighted by Gasteiger charge is -2.28. The number of rotatable bonds is 10. The molecule has 0 aliphatic heterocycles. The van der Waals surface area contributed by atoms with Crippen LogP contribution in [-0.4, -0.2) is 24.7 Å². The molecule has 0 radical (unpaired) electrons. The molecular formula is C20H33NO3. The third-order valence-electron chi connectivity index (χ3n) is 4.12. The number of hydrogen-bond acceptors (Lipinski definition) is 3. The molecule has 1 N–H and O–H groups in total. The summed E-state index contributed by atoms with van der Waals surface area (Å²) in [5.41, 5.74) is 2.07. The molecule has 1 rings (SSSR count). The van der Waals surface area contributed by atoms with Crippen molar-refractivity contribution in [3.63, 3.8) is 0 Å². The van der Waals surface area contributed by atoms with Crippen LogP contribution in [0.3, 0.4) is 0 Å². The highest BCUT2D eigenvalue weighted by molar-refractivity contribution is 5.97. The molecule has 1 amide bonds. The lowest BCUT2D eigenvalue weighted by molar-refractivity contribution is -0.139. The molecule has 24 heavy (non-hydrogen) atoms. The first-order valence-corrected chi connectivity index (χ1v) is 9.07. The first-order chi connectivity index (χ1) is 11.4. The molecule has 0 aliphatic carbocycles. The minimum atomic E-state index is -0.788. The summed E-state index contributed by atoms with van der Waals surface area (Å²) in [4.78, 5) is 12.7. The second kappa shape index (κ2) is 9.67. The zero-order valence-electron chi connectivity index (χ0n) is 16.1. The van der Waals surface area contributed by atoms with E-state index >= 15 is 0 Å². The molecule has 136 valence electrons. The van der Waals surface area contributed by atoms with E-state index in [2.05, 4.69) is 19.2 Å². The maximum absolute atomic E-state index is 12.7. The number of carbonyl (C=O) groups excluding carboxylic acids is 1. The molecule has 0 saturated carbocycles. The van der Waals surface area contributed by atoms with Gasteiger partial charge in [0, 0.05) is 12.3 Å². The van der Waals surface area contributed by atoms with E-state index in [1.807, 2.05) is 39.8 Å². The Morgan fingerprint density at radius 1 is 1.12 bits per heavy atom. The number of hydrogen-bond donors (Lipinski definition) is 1. The van der Waals surface area contributed by atoms with Crippen LogP contribution in [0.1, 0.15) is 64.5 Å². The molecule has 0 fully saturated rings. The number of anilines is 1. The summed E-state index contributed by atoms with van der Waals surface area (Å²) >= 11 is 0. The van der Waals surface area contributed by atoms with Gasteiger partial charge in [-0.25, -0.2) is 0 Å². The lowest BCUT2D eigenvalue weighted by atomic mass is 9.97. The molecule has 0 aromatic heterocycles. The van der Waals surface area contributed by atoms with Gasteiger partial charge in [0.25, 0.3) is 5.91 Å². The molecule has 1 aromatic rings. The minimum absolute atomic E-state index is 0.0844. The standard InChI is InChI=1S/C20H33NO3/c1-7-10-11-20(6,24-9-3)19(22)21-17-13-15(4)18(16(5)14-17)23-12-8-2/h13-14H,7-12H2,1-6H3,(H,21,22)/t20-/m1/s1. The van der Waals surface area contributed by atoms with Crippen LogP contribution in [0.2, 0.25) is 0 Å². The number of nitrogens with one attached hydrogen (secondary N) is 1. The summed E-state index contributed by atoms with van der Waals surface area (Å²) < 4.78 is 11.6. The molecule has 0 aliphatic rings. The van der Waals surface area contributed by atoms with Crippen molar-refractivity contribution in [2.24, 2.45) is 0 Å².